The second kappa shape index (κ2) is 9.12. The Morgan fingerprint density at radius 1 is 1.10 bits per heavy atom. The zero-order valence-electron chi connectivity index (χ0n) is 15.3. The molecule has 0 bridgehead atoms. The van der Waals surface area contributed by atoms with Crippen LogP contribution in [-0.4, -0.2) is 29.5 Å². The highest BCUT2D eigenvalue weighted by atomic mass is 79.9. The number of halogens is 5. The Kier molecular flexibility index (Phi) is 6.98. The average molecular weight is 508 g/mol. The largest absolute Gasteiger partial charge is 0.416 e. The van der Waals surface area contributed by atoms with E-state index in [1.165, 1.54) is 12.1 Å². The quantitative estimate of drug-likeness (QED) is 0.355. The van der Waals surface area contributed by atoms with Gasteiger partial charge in [-0.3, -0.25) is 0 Å². The second-order valence-electron chi connectivity index (χ2n) is 6.28. The minimum atomic E-state index is -4.39. The molecule has 0 fully saturated rings. The molecule has 0 aliphatic carbocycles. The van der Waals surface area contributed by atoms with Crippen molar-refractivity contribution in [2.75, 3.05) is 24.3 Å². The number of hydrogen-bond acceptors (Lipinski definition) is 3. The molecule has 3 rings (SSSR count). The van der Waals surface area contributed by atoms with E-state index < -0.39 is 21.8 Å². The molecule has 0 radical (unpaired) electrons. The summed E-state index contributed by atoms with van der Waals surface area (Å²) in [6.07, 6.45) is -4.39. The fourth-order valence-electron chi connectivity index (χ4n) is 2.96. The number of rotatable bonds is 7. The third kappa shape index (κ3) is 4.99. The second-order valence-corrected chi connectivity index (χ2v) is 10.6. The molecule has 1 aliphatic rings. The van der Waals surface area contributed by atoms with Gasteiger partial charge in [0.1, 0.15) is 5.17 Å². The third-order valence-corrected chi connectivity index (χ3v) is 8.36. The molecule has 0 aromatic heterocycles. The van der Waals surface area contributed by atoms with E-state index >= 15 is 0 Å². The van der Waals surface area contributed by atoms with Crippen LogP contribution in [0.5, 0.6) is 0 Å². The minimum absolute atomic E-state index is 0.398. The molecular formula is C20H19BrClF3N2OS. The molecule has 2 aromatic carbocycles. The van der Waals surface area contributed by atoms with Gasteiger partial charge in [0.05, 0.1) is 24.5 Å². The van der Waals surface area contributed by atoms with Crippen LogP contribution in [0.3, 0.4) is 0 Å². The zero-order chi connectivity index (χ0) is 21.1. The van der Waals surface area contributed by atoms with Gasteiger partial charge in [-0.15, -0.1) is 10.0 Å². The first-order valence-electron chi connectivity index (χ1n) is 8.70. The molecule has 2 N–H and O–H groups in total. The van der Waals surface area contributed by atoms with Crippen molar-refractivity contribution in [1.82, 2.24) is 0 Å². The number of benzene rings is 2. The average Bonchev–Trinajstić information content (AvgIpc) is 3.02. The lowest BCUT2D eigenvalue weighted by Gasteiger charge is -2.34. The Morgan fingerprint density at radius 3 is 2.45 bits per heavy atom. The molecular weight excluding hydrogens is 489 g/mol. The molecule has 156 valence electrons. The molecule has 1 aliphatic heterocycles. The van der Waals surface area contributed by atoms with Gasteiger partial charge in [0, 0.05) is 26.6 Å². The van der Waals surface area contributed by atoms with Crippen LogP contribution in [0.4, 0.5) is 13.2 Å². The predicted octanol–water partition coefficient (Wildman–Crippen LogP) is 6.26. The Hall–Kier alpha value is -1.48. The molecule has 0 saturated heterocycles. The number of hydrogen-bond donors (Lipinski definition) is 1. The first-order valence-corrected chi connectivity index (χ1v) is 12.1. The van der Waals surface area contributed by atoms with E-state index in [4.69, 9.17) is 22.1 Å². The molecule has 2 aromatic rings. The summed E-state index contributed by atoms with van der Waals surface area (Å²) in [7, 11) is -1.96. The molecule has 9 heteroatoms. The van der Waals surface area contributed by atoms with Crippen molar-refractivity contribution < 1.29 is 17.9 Å². The van der Waals surface area contributed by atoms with E-state index in [1.54, 1.807) is 12.1 Å². The maximum absolute atomic E-state index is 13.0. The molecule has 0 saturated carbocycles. The number of amidine groups is 1. The summed E-state index contributed by atoms with van der Waals surface area (Å²) in [5.74, 6) is 0.533. The summed E-state index contributed by atoms with van der Waals surface area (Å²) in [5.41, 5.74) is 7.15. The first-order chi connectivity index (χ1) is 13.8. The van der Waals surface area contributed by atoms with Gasteiger partial charge in [0.15, 0.2) is 0 Å². The summed E-state index contributed by atoms with van der Waals surface area (Å²) >= 11 is 9.40. The lowest BCUT2D eigenvalue weighted by Crippen LogP contribution is -2.23. The highest BCUT2D eigenvalue weighted by Gasteiger charge is 2.36. The van der Waals surface area contributed by atoms with Gasteiger partial charge in [-0.05, 0) is 41.8 Å². The van der Waals surface area contributed by atoms with E-state index in [9.17, 15) is 13.2 Å². The van der Waals surface area contributed by atoms with Gasteiger partial charge >= 0.3 is 6.18 Å². The zero-order valence-corrected chi connectivity index (χ0v) is 18.4. The molecule has 1 heterocycles. The summed E-state index contributed by atoms with van der Waals surface area (Å²) in [6, 6.07) is 12.4. The van der Waals surface area contributed by atoms with Crippen molar-refractivity contribution in [2.45, 2.75) is 11.1 Å². The normalized spacial score (nSPS) is 21.4. The number of alkyl halides is 4. The van der Waals surface area contributed by atoms with E-state index in [2.05, 4.69) is 20.9 Å². The monoisotopic (exact) mass is 506 g/mol. The van der Waals surface area contributed by atoms with Crippen LogP contribution in [0.15, 0.2) is 63.8 Å². The molecule has 0 spiro atoms. The molecule has 3 nitrogen and oxygen atoms in total. The van der Waals surface area contributed by atoms with Crippen LogP contribution in [0.2, 0.25) is 5.02 Å². The van der Waals surface area contributed by atoms with Crippen molar-refractivity contribution in [1.29, 1.82) is 0 Å². The van der Waals surface area contributed by atoms with E-state index in [0.717, 1.165) is 17.7 Å². The topological polar surface area (TPSA) is 47.6 Å². The smallest absolute Gasteiger partial charge is 0.380 e. The van der Waals surface area contributed by atoms with Crippen LogP contribution in [-0.2, 0) is 10.9 Å². The van der Waals surface area contributed by atoms with Crippen molar-refractivity contribution in [3.05, 3.63) is 70.1 Å². The van der Waals surface area contributed by atoms with Crippen LogP contribution >= 0.6 is 37.6 Å². The van der Waals surface area contributed by atoms with Gasteiger partial charge in [0.25, 0.3) is 0 Å². The van der Waals surface area contributed by atoms with Gasteiger partial charge in [-0.2, -0.15) is 13.2 Å². The Balaban J connectivity index is 2.01. The van der Waals surface area contributed by atoms with E-state index in [1.807, 2.05) is 17.5 Å². The fourth-order valence-corrected chi connectivity index (χ4v) is 6.28. The fraction of sp³-hybridized carbons (Fsp3) is 0.250. The van der Waals surface area contributed by atoms with Gasteiger partial charge < -0.3 is 10.5 Å². The molecule has 0 amide bonds. The van der Waals surface area contributed by atoms with Crippen molar-refractivity contribution in [2.24, 2.45) is 10.7 Å². The summed E-state index contributed by atoms with van der Waals surface area (Å²) in [6.45, 7) is 0.946. The Bertz CT molecular complexity index is 934. The van der Waals surface area contributed by atoms with Crippen LogP contribution in [0.1, 0.15) is 11.1 Å². The maximum atomic E-state index is 13.0. The van der Waals surface area contributed by atoms with Crippen LogP contribution < -0.4 is 5.73 Å². The maximum Gasteiger partial charge on any atom is 0.416 e. The van der Waals surface area contributed by atoms with Gasteiger partial charge in [-0.1, -0.05) is 39.7 Å². The van der Waals surface area contributed by atoms with Gasteiger partial charge in [-0.25, -0.2) is 4.99 Å². The van der Waals surface area contributed by atoms with Crippen LogP contribution in [0.25, 0.3) is 5.70 Å². The molecule has 1 atom stereocenters. The standard InChI is InChI=1S/C20H19BrClF3N2OS/c21-8-9-28-10-11-29(17-6-4-15(5-7-17)20(23,24)25)13-18(27-19(29)26)14-2-1-3-16(22)12-14/h1-7,12-13H,8-11H2,(H2,26,27). The van der Waals surface area contributed by atoms with E-state index in [0.29, 0.717) is 45.1 Å². The lowest BCUT2D eigenvalue weighted by molar-refractivity contribution is -0.137. The first kappa shape index (κ1) is 22.2. The number of aliphatic imine (C=N–C) groups is 1. The molecule has 29 heavy (non-hydrogen) atoms. The summed E-state index contributed by atoms with van der Waals surface area (Å²) < 4.78 is 44.6. The lowest BCUT2D eigenvalue weighted by atomic mass is 10.2. The third-order valence-electron chi connectivity index (χ3n) is 4.41. The van der Waals surface area contributed by atoms with Crippen LogP contribution in [0, 0.1) is 0 Å². The SMILES string of the molecule is NC1=NC(c2cccc(Cl)c2)=CS1(CCOCCBr)c1ccc(C(F)(F)F)cc1. The van der Waals surface area contributed by atoms with E-state index in [-0.39, 0.29) is 0 Å². The highest BCUT2D eigenvalue weighted by Crippen LogP contribution is 2.62. The Labute approximate surface area is 182 Å². The highest BCUT2D eigenvalue weighted by molar-refractivity contribution is 9.09. The Morgan fingerprint density at radius 2 is 1.83 bits per heavy atom. The predicted molar refractivity (Wildman–Crippen MR) is 118 cm³/mol. The summed E-state index contributed by atoms with van der Waals surface area (Å²) in [5, 5.41) is 3.63. The van der Waals surface area contributed by atoms with Crippen molar-refractivity contribution in [3.63, 3.8) is 0 Å². The van der Waals surface area contributed by atoms with Crippen molar-refractivity contribution in [3.8, 4) is 0 Å². The number of nitrogens with zero attached hydrogens (tertiary/aromatic N) is 1. The number of nitrogens with two attached hydrogens (primary N) is 1. The summed E-state index contributed by atoms with van der Waals surface area (Å²) in [4.78, 5) is 5.26. The van der Waals surface area contributed by atoms with Gasteiger partial charge in [0.2, 0.25) is 0 Å². The number of ether oxygens (including phenoxy) is 1. The molecule has 1 unspecified atom stereocenters. The van der Waals surface area contributed by atoms with Crippen molar-refractivity contribution >= 4 is 48.4 Å². The minimum Gasteiger partial charge on any atom is -0.380 e.